The van der Waals surface area contributed by atoms with Crippen molar-refractivity contribution in [2.45, 2.75) is 6.42 Å². The number of benzene rings is 3. The van der Waals surface area contributed by atoms with Gasteiger partial charge in [0.05, 0.1) is 19.7 Å². The van der Waals surface area contributed by atoms with E-state index in [2.05, 4.69) is 10.5 Å². The first-order valence-corrected chi connectivity index (χ1v) is 7.83. The van der Waals surface area contributed by atoms with E-state index in [9.17, 15) is 9.90 Å². The van der Waals surface area contributed by atoms with Crippen LogP contribution in [0.2, 0.25) is 0 Å². The van der Waals surface area contributed by atoms with Gasteiger partial charge in [-0.2, -0.15) is 5.10 Å². The SMILES string of the molecule is COc1ccc(O)c(C=NNC(=O)Cc2cccc3ccccc23)c1. The lowest BCUT2D eigenvalue weighted by Gasteiger charge is -2.06. The minimum atomic E-state index is -0.227. The minimum Gasteiger partial charge on any atom is -0.507 e. The van der Waals surface area contributed by atoms with E-state index in [4.69, 9.17) is 4.74 Å². The summed E-state index contributed by atoms with van der Waals surface area (Å²) >= 11 is 0. The lowest BCUT2D eigenvalue weighted by Crippen LogP contribution is -2.19. The first kappa shape index (κ1) is 16.5. The zero-order valence-corrected chi connectivity index (χ0v) is 13.8. The molecule has 0 unspecified atom stereocenters. The molecule has 126 valence electrons. The Morgan fingerprint density at radius 3 is 2.80 bits per heavy atom. The van der Waals surface area contributed by atoms with Gasteiger partial charge in [0.25, 0.3) is 0 Å². The summed E-state index contributed by atoms with van der Waals surface area (Å²) in [6.07, 6.45) is 1.61. The normalized spacial score (nSPS) is 10.9. The molecule has 0 aliphatic rings. The van der Waals surface area contributed by atoms with E-state index in [1.54, 1.807) is 19.2 Å². The number of nitrogens with one attached hydrogen (secondary N) is 1. The Labute approximate surface area is 145 Å². The zero-order valence-electron chi connectivity index (χ0n) is 13.8. The average Bonchev–Trinajstić information content (AvgIpc) is 2.63. The van der Waals surface area contributed by atoms with E-state index in [1.807, 2.05) is 42.5 Å². The fourth-order valence-electron chi connectivity index (χ4n) is 2.60. The first-order valence-electron chi connectivity index (χ1n) is 7.83. The van der Waals surface area contributed by atoms with Crippen LogP contribution in [0.1, 0.15) is 11.1 Å². The second-order valence-electron chi connectivity index (χ2n) is 5.53. The van der Waals surface area contributed by atoms with Gasteiger partial charge in [-0.3, -0.25) is 4.79 Å². The number of aromatic hydroxyl groups is 1. The van der Waals surface area contributed by atoms with Crippen molar-refractivity contribution in [1.29, 1.82) is 0 Å². The fraction of sp³-hybridized carbons (Fsp3) is 0.100. The van der Waals surface area contributed by atoms with Crippen LogP contribution in [0.3, 0.4) is 0 Å². The van der Waals surface area contributed by atoms with E-state index in [1.165, 1.54) is 12.3 Å². The van der Waals surface area contributed by atoms with Gasteiger partial charge in [-0.15, -0.1) is 0 Å². The fourth-order valence-corrected chi connectivity index (χ4v) is 2.60. The molecule has 0 aliphatic carbocycles. The number of amides is 1. The lowest BCUT2D eigenvalue weighted by molar-refractivity contribution is -0.120. The highest BCUT2D eigenvalue weighted by atomic mass is 16.5. The van der Waals surface area contributed by atoms with Crippen molar-refractivity contribution in [2.75, 3.05) is 7.11 Å². The van der Waals surface area contributed by atoms with Crippen molar-refractivity contribution < 1.29 is 14.6 Å². The Morgan fingerprint density at radius 1 is 1.16 bits per heavy atom. The van der Waals surface area contributed by atoms with Gasteiger partial charge in [0.2, 0.25) is 5.91 Å². The maximum absolute atomic E-state index is 12.1. The van der Waals surface area contributed by atoms with Crippen molar-refractivity contribution in [3.8, 4) is 11.5 Å². The van der Waals surface area contributed by atoms with Gasteiger partial charge in [0.15, 0.2) is 0 Å². The number of carbonyl (C=O) groups is 1. The summed E-state index contributed by atoms with van der Waals surface area (Å²) in [5.74, 6) is 0.434. The number of ether oxygens (including phenoxy) is 1. The second-order valence-corrected chi connectivity index (χ2v) is 5.53. The van der Waals surface area contributed by atoms with Gasteiger partial charge in [-0.05, 0) is 34.5 Å². The monoisotopic (exact) mass is 334 g/mol. The van der Waals surface area contributed by atoms with Gasteiger partial charge >= 0.3 is 0 Å². The van der Waals surface area contributed by atoms with Crippen LogP contribution >= 0.6 is 0 Å². The van der Waals surface area contributed by atoms with Gasteiger partial charge in [-0.1, -0.05) is 42.5 Å². The number of hydrogen-bond donors (Lipinski definition) is 2. The molecule has 2 N–H and O–H groups in total. The topological polar surface area (TPSA) is 70.9 Å². The number of phenolic OH excluding ortho intramolecular Hbond substituents is 1. The molecule has 0 bridgehead atoms. The molecule has 0 aromatic heterocycles. The third-order valence-corrected chi connectivity index (χ3v) is 3.86. The predicted molar refractivity (Wildman–Crippen MR) is 98.0 cm³/mol. The van der Waals surface area contributed by atoms with Gasteiger partial charge in [0.1, 0.15) is 11.5 Å². The van der Waals surface area contributed by atoms with Crippen LogP contribution in [0.5, 0.6) is 11.5 Å². The summed E-state index contributed by atoms with van der Waals surface area (Å²) in [5, 5.41) is 15.8. The Kier molecular flexibility index (Phi) is 4.95. The summed E-state index contributed by atoms with van der Waals surface area (Å²) in [6, 6.07) is 18.6. The lowest BCUT2D eigenvalue weighted by atomic mass is 10.0. The predicted octanol–water partition coefficient (Wildman–Crippen LogP) is 3.25. The highest BCUT2D eigenvalue weighted by Gasteiger charge is 2.06. The maximum atomic E-state index is 12.1. The molecule has 0 atom stereocenters. The molecule has 3 rings (SSSR count). The molecule has 3 aromatic rings. The van der Waals surface area contributed by atoms with Crippen LogP contribution in [0.15, 0.2) is 65.8 Å². The number of phenols is 1. The number of nitrogens with zero attached hydrogens (tertiary/aromatic N) is 1. The van der Waals surface area contributed by atoms with Crippen molar-refractivity contribution in [2.24, 2.45) is 5.10 Å². The highest BCUT2D eigenvalue weighted by molar-refractivity contribution is 5.91. The van der Waals surface area contributed by atoms with E-state index in [0.29, 0.717) is 11.3 Å². The Bertz CT molecular complexity index is 930. The number of fused-ring (bicyclic) bond motifs is 1. The average molecular weight is 334 g/mol. The summed E-state index contributed by atoms with van der Waals surface area (Å²) in [7, 11) is 1.54. The molecule has 1 amide bonds. The molecule has 5 nitrogen and oxygen atoms in total. The molecule has 5 heteroatoms. The van der Waals surface area contributed by atoms with Crippen LogP contribution in [-0.4, -0.2) is 24.3 Å². The van der Waals surface area contributed by atoms with Gasteiger partial charge in [0, 0.05) is 5.56 Å². The minimum absolute atomic E-state index is 0.0628. The molecule has 25 heavy (non-hydrogen) atoms. The van der Waals surface area contributed by atoms with Crippen LogP contribution in [-0.2, 0) is 11.2 Å². The Morgan fingerprint density at radius 2 is 1.96 bits per heavy atom. The van der Waals surface area contributed by atoms with Crippen molar-refractivity contribution in [3.63, 3.8) is 0 Å². The van der Waals surface area contributed by atoms with Gasteiger partial charge < -0.3 is 9.84 Å². The van der Waals surface area contributed by atoms with Crippen molar-refractivity contribution >= 4 is 22.9 Å². The summed E-state index contributed by atoms with van der Waals surface area (Å²) in [6.45, 7) is 0. The summed E-state index contributed by atoms with van der Waals surface area (Å²) < 4.78 is 5.10. The molecule has 0 heterocycles. The maximum Gasteiger partial charge on any atom is 0.244 e. The smallest absolute Gasteiger partial charge is 0.244 e. The molecule has 3 aromatic carbocycles. The van der Waals surface area contributed by atoms with Crippen LogP contribution < -0.4 is 10.2 Å². The second kappa shape index (κ2) is 7.49. The Hall–Kier alpha value is -3.34. The molecule has 0 saturated carbocycles. The molecule has 0 radical (unpaired) electrons. The van der Waals surface area contributed by atoms with E-state index < -0.39 is 0 Å². The van der Waals surface area contributed by atoms with E-state index >= 15 is 0 Å². The largest absolute Gasteiger partial charge is 0.507 e. The number of carbonyl (C=O) groups excluding carboxylic acids is 1. The van der Waals surface area contributed by atoms with Crippen LogP contribution in [0.25, 0.3) is 10.8 Å². The van der Waals surface area contributed by atoms with Crippen LogP contribution in [0, 0.1) is 0 Å². The number of hydrazone groups is 1. The van der Waals surface area contributed by atoms with E-state index in [0.717, 1.165) is 16.3 Å². The molecule has 0 aliphatic heterocycles. The molecular weight excluding hydrogens is 316 g/mol. The number of rotatable bonds is 5. The highest BCUT2D eigenvalue weighted by Crippen LogP contribution is 2.21. The Balaban J connectivity index is 1.69. The zero-order chi connectivity index (χ0) is 17.6. The standard InChI is InChI=1S/C20H18N2O3/c1-25-17-9-10-19(23)16(11-17)13-21-22-20(24)12-15-7-4-6-14-5-2-3-8-18(14)15/h2-11,13,23H,12H2,1H3,(H,22,24). The number of hydrogen-bond acceptors (Lipinski definition) is 4. The third-order valence-electron chi connectivity index (χ3n) is 3.86. The quantitative estimate of drug-likeness (QED) is 0.556. The summed E-state index contributed by atoms with van der Waals surface area (Å²) in [5.41, 5.74) is 3.89. The molecule has 0 spiro atoms. The molecular formula is C20H18N2O3. The van der Waals surface area contributed by atoms with Crippen LogP contribution in [0.4, 0.5) is 0 Å². The first-order chi connectivity index (χ1) is 12.2. The summed E-state index contributed by atoms with van der Waals surface area (Å²) in [4.78, 5) is 12.1. The van der Waals surface area contributed by atoms with E-state index in [-0.39, 0.29) is 18.1 Å². The number of methoxy groups -OCH3 is 1. The molecule has 0 fully saturated rings. The molecule has 0 saturated heterocycles. The third kappa shape index (κ3) is 3.95. The van der Waals surface area contributed by atoms with Crippen molar-refractivity contribution in [3.05, 3.63) is 71.8 Å². The van der Waals surface area contributed by atoms with Crippen molar-refractivity contribution in [1.82, 2.24) is 5.43 Å². The van der Waals surface area contributed by atoms with Gasteiger partial charge in [-0.25, -0.2) is 5.43 Å².